The maximum atomic E-state index is 13.3. The number of anilines is 2. The molecular weight excluding hydrogens is 468 g/mol. The van der Waals surface area contributed by atoms with E-state index in [1.54, 1.807) is 42.5 Å². The number of carbonyl (C=O) groups is 3. The number of amides is 2. The largest absolute Gasteiger partial charge is 0.493 e. The van der Waals surface area contributed by atoms with Gasteiger partial charge in [-0.05, 0) is 80.1 Å². The van der Waals surface area contributed by atoms with Gasteiger partial charge in [-0.2, -0.15) is 0 Å². The highest BCUT2D eigenvalue weighted by Crippen LogP contribution is 2.28. The minimum absolute atomic E-state index is 0.0420. The zero-order valence-corrected chi connectivity index (χ0v) is 21.1. The predicted molar refractivity (Wildman–Crippen MR) is 143 cm³/mol. The summed E-state index contributed by atoms with van der Waals surface area (Å²) in [6.45, 7) is 2.83. The van der Waals surface area contributed by atoms with Crippen molar-refractivity contribution in [3.8, 4) is 5.75 Å². The van der Waals surface area contributed by atoms with Crippen LogP contribution in [-0.2, 0) is 16.0 Å². The summed E-state index contributed by atoms with van der Waals surface area (Å²) in [5.74, 6) is -0.151. The number of nitrogens with one attached hydrogen (secondary N) is 1. The van der Waals surface area contributed by atoms with E-state index in [0.29, 0.717) is 55.2 Å². The number of rotatable bonds is 9. The van der Waals surface area contributed by atoms with Gasteiger partial charge in [0.2, 0.25) is 0 Å². The molecule has 0 unspecified atom stereocenters. The highest BCUT2D eigenvalue weighted by atomic mass is 16.5. The fraction of sp³-hybridized carbons (Fsp3) is 0.300. The monoisotopic (exact) mass is 500 g/mol. The number of nitrogens with zero attached hydrogens (tertiary/aromatic N) is 1. The third-order valence-electron chi connectivity index (χ3n) is 6.23. The van der Waals surface area contributed by atoms with Crippen LogP contribution in [0.15, 0.2) is 72.8 Å². The summed E-state index contributed by atoms with van der Waals surface area (Å²) in [5, 5.41) is 2.89. The van der Waals surface area contributed by atoms with Crippen molar-refractivity contribution in [2.24, 2.45) is 0 Å². The molecule has 0 radical (unpaired) electrons. The number of benzene rings is 3. The number of aryl methyl sites for hydroxylation is 1. The first kappa shape index (κ1) is 25.9. The van der Waals surface area contributed by atoms with E-state index >= 15 is 0 Å². The van der Waals surface area contributed by atoms with Crippen molar-refractivity contribution in [2.45, 2.75) is 39.0 Å². The van der Waals surface area contributed by atoms with E-state index in [1.165, 1.54) is 12.5 Å². The van der Waals surface area contributed by atoms with Crippen molar-refractivity contribution in [1.82, 2.24) is 0 Å². The van der Waals surface area contributed by atoms with Crippen molar-refractivity contribution in [2.75, 3.05) is 30.0 Å². The van der Waals surface area contributed by atoms with Crippen LogP contribution in [0.4, 0.5) is 11.4 Å². The van der Waals surface area contributed by atoms with Crippen molar-refractivity contribution in [3.05, 3.63) is 89.5 Å². The third kappa shape index (κ3) is 6.97. The lowest BCUT2D eigenvalue weighted by Gasteiger charge is -2.23. The Kier molecular flexibility index (Phi) is 8.92. The molecule has 0 aliphatic carbocycles. The molecular formula is C30H32N2O5. The van der Waals surface area contributed by atoms with E-state index in [2.05, 4.69) is 11.4 Å². The minimum Gasteiger partial charge on any atom is -0.493 e. The molecule has 2 amide bonds. The average Bonchev–Trinajstić information content (AvgIpc) is 3.13. The lowest BCUT2D eigenvalue weighted by molar-refractivity contribution is -0.141. The number of carbonyl (C=O) groups excluding carboxylic acids is 3. The Hall–Kier alpha value is -4.13. The molecule has 0 atom stereocenters. The fourth-order valence-electron chi connectivity index (χ4n) is 4.33. The molecule has 3 aromatic rings. The van der Waals surface area contributed by atoms with Crippen LogP contribution in [0.1, 0.15) is 58.9 Å². The van der Waals surface area contributed by atoms with Gasteiger partial charge in [-0.15, -0.1) is 0 Å². The van der Waals surface area contributed by atoms with Crippen molar-refractivity contribution in [1.29, 1.82) is 0 Å². The summed E-state index contributed by atoms with van der Waals surface area (Å²) >= 11 is 0. The van der Waals surface area contributed by atoms with Crippen LogP contribution < -0.4 is 15.0 Å². The smallest absolute Gasteiger partial charge is 0.302 e. The number of para-hydroxylation sites is 2. The molecule has 7 nitrogen and oxygen atoms in total. The SMILES string of the molecule is CC(=O)OCCCCOc1ccccc1C(=O)Nc1ccc(C(=O)N2CCCCc3ccccc32)cc1. The molecule has 1 aliphatic heterocycles. The van der Waals surface area contributed by atoms with Gasteiger partial charge >= 0.3 is 5.97 Å². The summed E-state index contributed by atoms with van der Waals surface area (Å²) in [6.07, 6.45) is 4.38. The van der Waals surface area contributed by atoms with Crippen LogP contribution in [-0.4, -0.2) is 37.5 Å². The summed E-state index contributed by atoms with van der Waals surface area (Å²) in [6, 6.07) is 22.1. The lowest BCUT2D eigenvalue weighted by atomic mass is 10.1. The van der Waals surface area contributed by atoms with Gasteiger partial charge in [-0.25, -0.2) is 0 Å². The van der Waals surface area contributed by atoms with Crippen molar-refractivity contribution >= 4 is 29.2 Å². The molecule has 0 saturated heterocycles. The Labute approximate surface area is 217 Å². The third-order valence-corrected chi connectivity index (χ3v) is 6.23. The average molecular weight is 501 g/mol. The van der Waals surface area contributed by atoms with Crippen molar-refractivity contribution < 1.29 is 23.9 Å². The molecule has 4 rings (SSSR count). The van der Waals surface area contributed by atoms with E-state index in [-0.39, 0.29) is 17.8 Å². The molecule has 0 bridgehead atoms. The van der Waals surface area contributed by atoms with Gasteiger partial charge in [0, 0.05) is 30.4 Å². The van der Waals surface area contributed by atoms with Gasteiger partial charge in [-0.3, -0.25) is 14.4 Å². The molecule has 1 heterocycles. The Morgan fingerprint density at radius 1 is 0.865 bits per heavy atom. The molecule has 7 heteroatoms. The fourth-order valence-corrected chi connectivity index (χ4v) is 4.33. The van der Waals surface area contributed by atoms with Gasteiger partial charge in [0.1, 0.15) is 5.75 Å². The topological polar surface area (TPSA) is 84.9 Å². The minimum atomic E-state index is -0.299. The Morgan fingerprint density at radius 2 is 1.59 bits per heavy atom. The summed E-state index contributed by atoms with van der Waals surface area (Å²) in [7, 11) is 0. The number of hydrogen-bond donors (Lipinski definition) is 1. The Balaban J connectivity index is 1.37. The Morgan fingerprint density at radius 3 is 2.41 bits per heavy atom. The highest BCUT2D eigenvalue weighted by Gasteiger charge is 2.22. The quantitative estimate of drug-likeness (QED) is 0.303. The molecule has 37 heavy (non-hydrogen) atoms. The molecule has 192 valence electrons. The first-order valence-electron chi connectivity index (χ1n) is 12.7. The standard InChI is InChI=1S/C30H32N2O5/c1-22(33)36-20-8-9-21-37-28-14-5-3-12-26(28)29(34)31-25-17-15-24(16-18-25)30(35)32-19-7-6-11-23-10-2-4-13-27(23)32/h2-5,10,12-18H,6-9,11,19-21H2,1H3,(H,31,34). The second-order valence-corrected chi connectivity index (χ2v) is 8.97. The molecule has 1 N–H and O–H groups in total. The maximum absolute atomic E-state index is 13.3. The summed E-state index contributed by atoms with van der Waals surface area (Å²) < 4.78 is 10.7. The number of hydrogen-bond acceptors (Lipinski definition) is 5. The molecule has 0 saturated carbocycles. The van der Waals surface area contributed by atoms with Crippen molar-refractivity contribution in [3.63, 3.8) is 0 Å². The molecule has 3 aromatic carbocycles. The van der Waals surface area contributed by atoms with E-state index in [9.17, 15) is 14.4 Å². The zero-order chi connectivity index (χ0) is 26.0. The second-order valence-electron chi connectivity index (χ2n) is 8.97. The Bertz CT molecular complexity index is 1240. The number of ether oxygens (including phenoxy) is 2. The zero-order valence-electron chi connectivity index (χ0n) is 21.1. The van der Waals surface area contributed by atoms with E-state index < -0.39 is 0 Å². The normalized spacial score (nSPS) is 12.7. The van der Waals surface area contributed by atoms with Gasteiger partial charge in [-0.1, -0.05) is 30.3 Å². The van der Waals surface area contributed by atoms with Crippen LogP contribution in [0.5, 0.6) is 5.75 Å². The van der Waals surface area contributed by atoms with E-state index in [1.807, 2.05) is 29.2 Å². The highest BCUT2D eigenvalue weighted by molar-refractivity contribution is 6.08. The molecule has 0 fully saturated rings. The van der Waals surface area contributed by atoms with Gasteiger partial charge in [0.15, 0.2) is 0 Å². The van der Waals surface area contributed by atoms with Crippen LogP contribution in [0, 0.1) is 0 Å². The first-order valence-corrected chi connectivity index (χ1v) is 12.7. The van der Waals surface area contributed by atoms with Crippen LogP contribution >= 0.6 is 0 Å². The number of esters is 1. The van der Waals surface area contributed by atoms with Crippen LogP contribution in [0.25, 0.3) is 0 Å². The maximum Gasteiger partial charge on any atom is 0.302 e. The second kappa shape index (κ2) is 12.7. The first-order chi connectivity index (χ1) is 18.0. The van der Waals surface area contributed by atoms with Gasteiger partial charge in [0.25, 0.3) is 11.8 Å². The predicted octanol–water partition coefficient (Wildman–Crippen LogP) is 5.64. The van der Waals surface area contributed by atoms with Crippen LogP contribution in [0.3, 0.4) is 0 Å². The molecule has 1 aliphatic rings. The molecule has 0 aromatic heterocycles. The summed E-state index contributed by atoms with van der Waals surface area (Å²) in [5.41, 5.74) is 3.76. The van der Waals surface area contributed by atoms with Crippen LogP contribution in [0.2, 0.25) is 0 Å². The number of fused-ring (bicyclic) bond motifs is 1. The number of unbranched alkanes of at least 4 members (excludes halogenated alkanes) is 1. The summed E-state index contributed by atoms with van der Waals surface area (Å²) in [4.78, 5) is 39.0. The van der Waals surface area contributed by atoms with Gasteiger partial charge in [0.05, 0.1) is 18.8 Å². The lowest BCUT2D eigenvalue weighted by Crippen LogP contribution is -2.31. The van der Waals surface area contributed by atoms with E-state index in [0.717, 1.165) is 24.9 Å². The van der Waals surface area contributed by atoms with Gasteiger partial charge < -0.3 is 19.7 Å². The molecule has 0 spiro atoms. The van der Waals surface area contributed by atoms with E-state index in [4.69, 9.17) is 9.47 Å².